The van der Waals surface area contributed by atoms with Gasteiger partial charge in [0.2, 0.25) is 0 Å². The second kappa shape index (κ2) is 8.94. The van der Waals surface area contributed by atoms with Crippen molar-refractivity contribution in [2.24, 2.45) is 15.0 Å². The van der Waals surface area contributed by atoms with Crippen LogP contribution >= 0.6 is 20.2 Å². The van der Waals surface area contributed by atoms with E-state index < -0.39 is 0 Å². The van der Waals surface area contributed by atoms with Crippen LogP contribution in [-0.4, -0.2) is 31.2 Å². The van der Waals surface area contributed by atoms with E-state index in [1.807, 2.05) is 13.8 Å². The van der Waals surface area contributed by atoms with Gasteiger partial charge in [-0.05, 0) is 13.8 Å². The zero-order valence-electron chi connectivity index (χ0n) is 9.74. The minimum atomic E-state index is 0.194. The predicted molar refractivity (Wildman–Crippen MR) is 69.9 cm³/mol. The van der Waals surface area contributed by atoms with Gasteiger partial charge in [-0.1, -0.05) is 6.08 Å². The molecule has 1 rings (SSSR count). The summed E-state index contributed by atoms with van der Waals surface area (Å²) in [5.74, 6) is 0. The van der Waals surface area contributed by atoms with Gasteiger partial charge in [-0.15, -0.1) is 0 Å². The number of aliphatic imine (C=N–C) groups is 3. The fraction of sp³-hybridized carbons (Fsp3) is 0.500. The van der Waals surface area contributed by atoms with Crippen molar-refractivity contribution >= 4 is 37.3 Å². The van der Waals surface area contributed by atoms with Crippen molar-refractivity contribution in [2.45, 2.75) is 20.3 Å². The average Bonchev–Trinajstić information content (AvgIpc) is 2.77. The van der Waals surface area contributed by atoms with Crippen molar-refractivity contribution in [1.82, 2.24) is 0 Å². The molecule has 0 atom stereocenters. The van der Waals surface area contributed by atoms with Crippen molar-refractivity contribution in [2.75, 3.05) is 14.1 Å². The maximum atomic E-state index is 4.76. The van der Waals surface area contributed by atoms with E-state index in [4.69, 9.17) is 20.2 Å². The Labute approximate surface area is 111 Å². The van der Waals surface area contributed by atoms with Gasteiger partial charge in [0, 0.05) is 20.5 Å². The van der Waals surface area contributed by atoms with E-state index in [9.17, 15) is 0 Å². The zero-order chi connectivity index (χ0) is 12.6. The summed E-state index contributed by atoms with van der Waals surface area (Å²) < 4.78 is 0. The van der Waals surface area contributed by atoms with E-state index in [2.05, 4.69) is 21.1 Å². The van der Waals surface area contributed by atoms with E-state index in [0.29, 0.717) is 0 Å². The Kier molecular flexibility index (Phi) is 8.86. The Morgan fingerprint density at radius 1 is 1.25 bits per heavy atom. The molecule has 0 aromatic rings. The summed E-state index contributed by atoms with van der Waals surface area (Å²) in [5, 5.41) is 0. The molecule has 0 bridgehead atoms. The van der Waals surface area contributed by atoms with Crippen LogP contribution in [0, 0.1) is 0 Å². The molecule has 0 aromatic heterocycles. The number of hydrogen-bond donors (Lipinski definition) is 0. The number of nitrogens with zero attached hydrogens (tertiary/aromatic N) is 3. The van der Waals surface area contributed by atoms with Crippen molar-refractivity contribution in [3.63, 3.8) is 0 Å². The third-order valence-corrected chi connectivity index (χ3v) is 2.20. The molecule has 3 nitrogen and oxygen atoms in total. The van der Waals surface area contributed by atoms with Gasteiger partial charge in [0.25, 0.3) is 0 Å². The summed E-state index contributed by atoms with van der Waals surface area (Å²) in [6.07, 6.45) is 2.97. The minimum absolute atomic E-state index is 0.194. The molecule has 92 valence electrons. The van der Waals surface area contributed by atoms with Crippen molar-refractivity contribution in [3.05, 3.63) is 11.8 Å². The summed E-state index contributed by atoms with van der Waals surface area (Å²) in [7, 11) is 13.1. The van der Waals surface area contributed by atoms with Crippen LogP contribution < -0.4 is 0 Å². The first kappa shape index (κ1) is 15.8. The monoisotopic (exact) mass is 303 g/mol. The average molecular weight is 304 g/mol. The quantitative estimate of drug-likeness (QED) is 0.555. The van der Waals surface area contributed by atoms with Crippen LogP contribution in [0.25, 0.3) is 0 Å². The van der Waals surface area contributed by atoms with Crippen LogP contribution in [0.1, 0.15) is 20.3 Å². The normalized spacial score (nSPS) is 16.6. The topological polar surface area (TPSA) is 37.1 Å². The Balaban J connectivity index is 0.000000673. The summed E-state index contributed by atoms with van der Waals surface area (Å²) in [6.45, 7) is 3.95. The number of hydrogen-bond acceptors (Lipinski definition) is 3. The van der Waals surface area contributed by atoms with E-state index in [1.54, 1.807) is 14.1 Å². The van der Waals surface area contributed by atoms with Gasteiger partial charge in [0.1, 0.15) is 0 Å². The Morgan fingerprint density at radius 3 is 2.19 bits per heavy atom. The second-order valence-electron chi connectivity index (χ2n) is 3.02. The molecule has 0 aliphatic carbocycles. The molecule has 1 aliphatic heterocycles. The zero-order valence-corrected chi connectivity index (χ0v) is 12.4. The molecule has 0 unspecified atom stereocenters. The van der Waals surface area contributed by atoms with Crippen LogP contribution in [0.2, 0.25) is 0 Å². The number of halogens is 2. The van der Waals surface area contributed by atoms with Crippen molar-refractivity contribution in [3.8, 4) is 0 Å². The van der Waals surface area contributed by atoms with Crippen molar-refractivity contribution in [1.29, 1.82) is 0 Å². The molecule has 1 heterocycles. The van der Waals surface area contributed by atoms with Gasteiger partial charge < -0.3 is 0 Å². The van der Waals surface area contributed by atoms with Gasteiger partial charge >= 0.3 is 33.3 Å². The summed E-state index contributed by atoms with van der Waals surface area (Å²) >= 11 is 0.194. The third kappa shape index (κ3) is 5.26. The molecule has 0 saturated carbocycles. The van der Waals surface area contributed by atoms with E-state index in [0.717, 1.165) is 29.3 Å². The summed E-state index contributed by atoms with van der Waals surface area (Å²) in [4.78, 5) is 12.6. The third-order valence-electron chi connectivity index (χ3n) is 2.20. The van der Waals surface area contributed by atoms with E-state index in [1.165, 1.54) is 0 Å². The maximum absolute atomic E-state index is 4.76. The molecule has 0 fully saturated rings. The SMILES string of the molecule is CN=C(C)C1=CCC(C(C)=NC)=N1.[Cl][Fe][Cl]. The van der Waals surface area contributed by atoms with Crippen LogP contribution in [0.4, 0.5) is 0 Å². The molecular weight excluding hydrogens is 289 g/mol. The summed E-state index contributed by atoms with van der Waals surface area (Å²) in [5.41, 5.74) is 4.04. The Hall–Kier alpha value is -0.151. The molecule has 1 aliphatic rings. The van der Waals surface area contributed by atoms with Crippen LogP contribution in [0.5, 0.6) is 0 Å². The standard InChI is InChI=1S/C10H15N3.2ClH.Fe/c1-7(11-3)9-5-6-10(13-9)8(2)12-4;;;/h5H,6H2,1-4H3;2*1H;/q;;;+2/p-2. The van der Waals surface area contributed by atoms with Gasteiger partial charge in [0.05, 0.1) is 22.8 Å². The fourth-order valence-electron chi connectivity index (χ4n) is 1.13. The first-order chi connectivity index (χ1) is 7.60. The number of allylic oxidation sites excluding steroid dienone is 2. The van der Waals surface area contributed by atoms with Crippen molar-refractivity contribution < 1.29 is 13.1 Å². The Bertz CT molecular complexity index is 346. The first-order valence-electron chi connectivity index (χ1n) is 4.61. The van der Waals surface area contributed by atoms with Crippen LogP contribution in [-0.2, 0) is 13.1 Å². The molecule has 0 saturated heterocycles. The molecule has 0 radical (unpaired) electrons. The van der Waals surface area contributed by atoms with Crippen LogP contribution in [0.3, 0.4) is 0 Å². The van der Waals surface area contributed by atoms with Gasteiger partial charge in [0.15, 0.2) is 0 Å². The molecular formula is C10H15Cl2FeN3. The molecule has 0 aromatic carbocycles. The predicted octanol–water partition coefficient (Wildman–Crippen LogP) is 3.27. The van der Waals surface area contributed by atoms with Gasteiger partial charge in [-0.3, -0.25) is 9.98 Å². The summed E-state index contributed by atoms with van der Waals surface area (Å²) in [6, 6.07) is 0. The molecule has 16 heavy (non-hydrogen) atoms. The molecule has 0 amide bonds. The van der Waals surface area contributed by atoms with Gasteiger partial charge in [-0.25, -0.2) is 4.99 Å². The number of rotatable bonds is 2. The second-order valence-corrected chi connectivity index (χ2v) is 4.84. The molecule has 0 spiro atoms. The van der Waals surface area contributed by atoms with Crippen LogP contribution in [0.15, 0.2) is 26.8 Å². The van der Waals surface area contributed by atoms with E-state index >= 15 is 0 Å². The molecule has 6 heteroatoms. The van der Waals surface area contributed by atoms with Gasteiger partial charge in [-0.2, -0.15) is 0 Å². The fourth-order valence-corrected chi connectivity index (χ4v) is 1.13. The van der Waals surface area contributed by atoms with E-state index in [-0.39, 0.29) is 13.1 Å². The Morgan fingerprint density at radius 2 is 1.75 bits per heavy atom. The molecule has 0 N–H and O–H groups in total. The first-order valence-corrected chi connectivity index (χ1v) is 7.65.